The molecule has 0 rings (SSSR count). The van der Waals surface area contributed by atoms with Crippen molar-refractivity contribution in [3.05, 3.63) is 0 Å². The van der Waals surface area contributed by atoms with E-state index in [1.54, 1.807) is 0 Å². The predicted molar refractivity (Wildman–Crippen MR) is 95.2 cm³/mol. The number of halogens is 1. The Bertz CT molecular complexity index is 321. The predicted octanol–water partition coefficient (Wildman–Crippen LogP) is 4.34. The Morgan fingerprint density at radius 3 is 2.05 bits per heavy atom. The minimum absolute atomic E-state index is 0.0143. The lowest BCUT2D eigenvalue weighted by Gasteiger charge is -2.37. The number of hydrogen-bond donors (Lipinski definition) is 1. The number of alkyl carbamates (subject to hydrolysis) is 1. The summed E-state index contributed by atoms with van der Waals surface area (Å²) >= 11 is 2.26. The Kier molecular flexibility index (Phi) is 7.51. The minimum atomic E-state index is -1.78. The summed E-state index contributed by atoms with van der Waals surface area (Å²) < 4.78 is 12.2. The standard InChI is InChI=1S/C14H30INO3Si/c1-13(2,3)19-12(17)16-11(9-15)10-18-20(7,8)14(4,5)6/h11H,9-10H2,1-8H3,(H,16,17)/t11-/m1/s1. The van der Waals surface area contributed by atoms with E-state index in [0.29, 0.717) is 6.61 Å². The molecular formula is C14H30INO3Si. The summed E-state index contributed by atoms with van der Waals surface area (Å²) in [6, 6.07) is -0.0143. The number of rotatable bonds is 5. The van der Waals surface area contributed by atoms with Gasteiger partial charge in [0, 0.05) is 4.43 Å². The molecule has 1 atom stereocenters. The molecule has 0 aliphatic heterocycles. The van der Waals surface area contributed by atoms with Crippen LogP contribution in [0.25, 0.3) is 0 Å². The van der Waals surface area contributed by atoms with Crippen LogP contribution in [0.1, 0.15) is 41.5 Å². The van der Waals surface area contributed by atoms with Gasteiger partial charge in [0.2, 0.25) is 0 Å². The summed E-state index contributed by atoms with van der Waals surface area (Å²) in [6.07, 6.45) is -0.377. The van der Waals surface area contributed by atoms with E-state index >= 15 is 0 Å². The summed E-state index contributed by atoms with van der Waals surface area (Å²) in [4.78, 5) is 11.8. The maximum atomic E-state index is 11.8. The fraction of sp³-hybridized carbons (Fsp3) is 0.929. The summed E-state index contributed by atoms with van der Waals surface area (Å²) in [6.45, 7) is 17.2. The first-order valence-electron chi connectivity index (χ1n) is 6.98. The molecule has 0 radical (unpaired) electrons. The van der Waals surface area contributed by atoms with Crippen LogP contribution in [-0.2, 0) is 9.16 Å². The van der Waals surface area contributed by atoms with Gasteiger partial charge in [0.1, 0.15) is 5.60 Å². The number of nitrogens with one attached hydrogen (secondary N) is 1. The van der Waals surface area contributed by atoms with E-state index in [1.165, 1.54) is 0 Å². The van der Waals surface area contributed by atoms with E-state index in [9.17, 15) is 4.79 Å². The van der Waals surface area contributed by atoms with Crippen LogP contribution in [0.15, 0.2) is 0 Å². The molecular weight excluding hydrogens is 385 g/mol. The Balaban J connectivity index is 4.41. The molecule has 0 aromatic rings. The van der Waals surface area contributed by atoms with Crippen molar-refractivity contribution in [1.82, 2.24) is 5.32 Å². The van der Waals surface area contributed by atoms with Crippen molar-refractivity contribution in [2.24, 2.45) is 0 Å². The number of amides is 1. The van der Waals surface area contributed by atoms with Crippen LogP contribution < -0.4 is 5.32 Å². The van der Waals surface area contributed by atoms with Gasteiger partial charge in [-0.25, -0.2) is 4.79 Å². The van der Waals surface area contributed by atoms with E-state index in [2.05, 4.69) is 61.8 Å². The Labute approximate surface area is 138 Å². The lowest BCUT2D eigenvalue weighted by atomic mass is 10.2. The Morgan fingerprint density at radius 1 is 1.20 bits per heavy atom. The number of alkyl halides is 1. The first-order chi connectivity index (χ1) is 8.78. The van der Waals surface area contributed by atoms with Crippen LogP contribution in [0.4, 0.5) is 4.79 Å². The molecule has 4 nitrogen and oxygen atoms in total. The number of ether oxygens (including phenoxy) is 1. The van der Waals surface area contributed by atoms with Gasteiger partial charge < -0.3 is 14.5 Å². The van der Waals surface area contributed by atoms with Crippen LogP contribution in [0.2, 0.25) is 18.1 Å². The highest BCUT2D eigenvalue weighted by molar-refractivity contribution is 14.1. The van der Waals surface area contributed by atoms with Crippen molar-refractivity contribution < 1.29 is 14.0 Å². The van der Waals surface area contributed by atoms with Gasteiger partial charge in [-0.3, -0.25) is 0 Å². The van der Waals surface area contributed by atoms with E-state index in [-0.39, 0.29) is 17.2 Å². The molecule has 0 fully saturated rings. The van der Waals surface area contributed by atoms with Crippen molar-refractivity contribution in [2.75, 3.05) is 11.0 Å². The second-order valence-electron chi connectivity index (χ2n) is 7.57. The lowest BCUT2D eigenvalue weighted by molar-refractivity contribution is 0.0494. The second-order valence-corrected chi connectivity index (χ2v) is 13.3. The van der Waals surface area contributed by atoms with Crippen LogP contribution in [0.5, 0.6) is 0 Å². The van der Waals surface area contributed by atoms with Gasteiger partial charge in [-0.2, -0.15) is 0 Å². The zero-order chi connectivity index (χ0) is 16.2. The molecule has 1 amide bonds. The third-order valence-corrected chi connectivity index (χ3v) is 8.92. The molecule has 0 aliphatic carbocycles. The molecule has 0 saturated carbocycles. The fourth-order valence-corrected chi connectivity index (χ4v) is 2.65. The molecule has 0 heterocycles. The Hall–Kier alpha value is 0.177. The van der Waals surface area contributed by atoms with Gasteiger partial charge in [0.15, 0.2) is 8.32 Å². The quantitative estimate of drug-likeness (QED) is 0.413. The second kappa shape index (κ2) is 7.44. The molecule has 0 spiro atoms. The summed E-state index contributed by atoms with van der Waals surface area (Å²) in [5, 5.41) is 3.05. The van der Waals surface area contributed by atoms with E-state index < -0.39 is 13.9 Å². The monoisotopic (exact) mass is 415 g/mol. The van der Waals surface area contributed by atoms with Gasteiger partial charge in [0.25, 0.3) is 0 Å². The van der Waals surface area contributed by atoms with Crippen molar-refractivity contribution >= 4 is 37.0 Å². The smallest absolute Gasteiger partial charge is 0.407 e. The number of carbonyl (C=O) groups excluding carboxylic acids is 1. The molecule has 0 aromatic heterocycles. The maximum absolute atomic E-state index is 11.8. The van der Waals surface area contributed by atoms with Crippen LogP contribution in [0, 0.1) is 0 Å². The first-order valence-corrected chi connectivity index (χ1v) is 11.4. The zero-order valence-electron chi connectivity index (χ0n) is 14.1. The summed E-state index contributed by atoms with van der Waals surface area (Å²) in [5.41, 5.74) is -0.472. The van der Waals surface area contributed by atoms with E-state index in [0.717, 1.165) is 4.43 Å². The topological polar surface area (TPSA) is 47.6 Å². The maximum Gasteiger partial charge on any atom is 0.407 e. The highest BCUT2D eigenvalue weighted by Crippen LogP contribution is 2.36. The molecule has 0 unspecified atom stereocenters. The molecule has 120 valence electrons. The number of hydrogen-bond acceptors (Lipinski definition) is 3. The van der Waals surface area contributed by atoms with E-state index in [4.69, 9.17) is 9.16 Å². The van der Waals surface area contributed by atoms with Crippen LogP contribution in [0.3, 0.4) is 0 Å². The van der Waals surface area contributed by atoms with Gasteiger partial charge in [0.05, 0.1) is 12.6 Å². The lowest BCUT2D eigenvalue weighted by Crippen LogP contribution is -2.47. The first kappa shape index (κ1) is 20.2. The molecule has 0 saturated heterocycles. The largest absolute Gasteiger partial charge is 0.444 e. The fourth-order valence-electron chi connectivity index (χ4n) is 1.12. The molecule has 0 aromatic carbocycles. The third-order valence-electron chi connectivity index (χ3n) is 3.36. The SMILES string of the molecule is CC(C)(C)OC(=O)N[C@H](CI)CO[Si](C)(C)C(C)(C)C. The van der Waals surface area contributed by atoms with Gasteiger partial charge in [-0.05, 0) is 38.9 Å². The van der Waals surface area contributed by atoms with Crippen molar-refractivity contribution in [3.63, 3.8) is 0 Å². The van der Waals surface area contributed by atoms with Gasteiger partial charge in [-0.1, -0.05) is 43.4 Å². The highest BCUT2D eigenvalue weighted by Gasteiger charge is 2.37. The van der Waals surface area contributed by atoms with Crippen LogP contribution in [-0.4, -0.2) is 37.1 Å². The van der Waals surface area contributed by atoms with Crippen LogP contribution >= 0.6 is 22.6 Å². The van der Waals surface area contributed by atoms with E-state index in [1.807, 2.05) is 20.8 Å². The molecule has 0 bridgehead atoms. The van der Waals surface area contributed by atoms with Gasteiger partial charge in [-0.15, -0.1) is 0 Å². The summed E-state index contributed by atoms with van der Waals surface area (Å²) in [5.74, 6) is 0. The number of carbonyl (C=O) groups is 1. The molecule has 1 N–H and O–H groups in total. The Morgan fingerprint density at radius 2 is 1.70 bits per heavy atom. The average Bonchev–Trinajstić information content (AvgIpc) is 2.19. The molecule has 20 heavy (non-hydrogen) atoms. The van der Waals surface area contributed by atoms with Crippen molar-refractivity contribution in [1.29, 1.82) is 0 Å². The molecule has 6 heteroatoms. The van der Waals surface area contributed by atoms with Crippen molar-refractivity contribution in [2.45, 2.75) is 71.3 Å². The third kappa shape index (κ3) is 7.83. The highest BCUT2D eigenvalue weighted by atomic mass is 127. The zero-order valence-corrected chi connectivity index (χ0v) is 17.3. The summed E-state index contributed by atoms with van der Waals surface area (Å²) in [7, 11) is -1.78. The normalized spacial score (nSPS) is 14.8. The van der Waals surface area contributed by atoms with Crippen molar-refractivity contribution in [3.8, 4) is 0 Å². The average molecular weight is 415 g/mol. The minimum Gasteiger partial charge on any atom is -0.444 e. The van der Waals surface area contributed by atoms with Gasteiger partial charge >= 0.3 is 6.09 Å². The molecule has 0 aliphatic rings.